The number of aliphatic hydroxyl groups is 2. The number of amides is 2. The van der Waals surface area contributed by atoms with Crippen LogP contribution in [0, 0.1) is 0 Å². The van der Waals surface area contributed by atoms with Crippen molar-refractivity contribution in [2.24, 2.45) is 0 Å². The first kappa shape index (κ1) is 21.0. The molecule has 1 unspecified atom stereocenters. The summed E-state index contributed by atoms with van der Waals surface area (Å²) >= 11 is 0. The zero-order valence-corrected chi connectivity index (χ0v) is 16.1. The van der Waals surface area contributed by atoms with Crippen molar-refractivity contribution in [2.75, 3.05) is 6.54 Å². The summed E-state index contributed by atoms with van der Waals surface area (Å²) in [4.78, 5) is 38.7. The van der Waals surface area contributed by atoms with E-state index >= 15 is 0 Å². The summed E-state index contributed by atoms with van der Waals surface area (Å²) in [7, 11) is 0. The molecule has 4 N–H and O–H groups in total. The van der Waals surface area contributed by atoms with Crippen LogP contribution < -0.4 is 5.32 Å². The van der Waals surface area contributed by atoms with Crippen LogP contribution in [0.3, 0.4) is 0 Å². The average Bonchev–Trinajstić information content (AvgIpc) is 2.60. The second-order valence-electron chi connectivity index (χ2n) is 7.66. The van der Waals surface area contributed by atoms with Gasteiger partial charge in [0, 0.05) is 11.6 Å². The van der Waals surface area contributed by atoms with Gasteiger partial charge in [-0.25, -0.2) is 0 Å². The minimum Gasteiger partial charge on any atom is -0.494 e. The van der Waals surface area contributed by atoms with Crippen LogP contribution in [0.4, 0.5) is 0 Å². The van der Waals surface area contributed by atoms with Crippen LogP contribution in [0.25, 0.3) is 0 Å². The van der Waals surface area contributed by atoms with E-state index in [0.29, 0.717) is 6.42 Å². The minimum atomic E-state index is -1.40. The second-order valence-corrected chi connectivity index (χ2v) is 7.66. The predicted octanol–water partition coefficient (Wildman–Crippen LogP) is 0.898. The van der Waals surface area contributed by atoms with E-state index < -0.39 is 47.7 Å². The minimum absolute atomic E-state index is 0.209. The first-order valence-electron chi connectivity index (χ1n) is 9.35. The smallest absolute Gasteiger partial charge is 0.322 e. The van der Waals surface area contributed by atoms with Crippen LogP contribution >= 0.6 is 0 Å². The van der Waals surface area contributed by atoms with Crippen LogP contribution in [0.5, 0.6) is 0 Å². The van der Waals surface area contributed by atoms with E-state index in [2.05, 4.69) is 5.32 Å². The number of nitrogens with one attached hydrogen (secondary N) is 1. The fraction of sp³-hybridized carbons (Fsp3) is 0.722. The van der Waals surface area contributed by atoms with Gasteiger partial charge in [-0.2, -0.15) is 0 Å². The largest absolute Gasteiger partial charge is 0.494 e. The Hall–Kier alpha value is -2.29. The topological polar surface area (TPSA) is 130 Å². The normalized spacial score (nSPS) is 22.2. The third-order valence-electron chi connectivity index (χ3n) is 5.49. The molecule has 2 rings (SSSR count). The number of rotatable bonds is 6. The average molecular weight is 383 g/mol. The summed E-state index contributed by atoms with van der Waals surface area (Å²) in [6.07, 6.45) is 3.46. The molecule has 0 spiro atoms. The van der Waals surface area contributed by atoms with Gasteiger partial charge in [0.15, 0.2) is 5.57 Å². The van der Waals surface area contributed by atoms with E-state index in [1.54, 1.807) is 13.8 Å². The fourth-order valence-electron chi connectivity index (χ4n) is 3.61. The van der Waals surface area contributed by atoms with Gasteiger partial charge in [0.05, 0.1) is 0 Å². The highest BCUT2D eigenvalue weighted by molar-refractivity contribution is 6.19. The molecular weight excluding hydrogens is 354 g/mol. The highest BCUT2D eigenvalue weighted by Crippen LogP contribution is 2.35. The van der Waals surface area contributed by atoms with Crippen LogP contribution in [0.1, 0.15) is 59.3 Å². The number of carbonyl (C=O) groups is 3. The van der Waals surface area contributed by atoms with Gasteiger partial charge >= 0.3 is 5.97 Å². The van der Waals surface area contributed by atoms with Crippen molar-refractivity contribution < 1.29 is 29.7 Å². The number of hydrogen-bond donors (Lipinski definition) is 4. The molecule has 1 saturated carbocycles. The van der Waals surface area contributed by atoms with Crippen molar-refractivity contribution in [2.45, 2.75) is 77.2 Å². The van der Waals surface area contributed by atoms with Gasteiger partial charge in [-0.05, 0) is 33.1 Å². The SMILES string of the molecule is CCC(C)(C)N1C(=O)C(C(=O)NCC(=O)O)=C(O)N(C2CCCCC2)C1O. The number of carbonyl (C=O) groups excluding carboxylic acids is 2. The summed E-state index contributed by atoms with van der Waals surface area (Å²) in [5.74, 6) is -3.64. The van der Waals surface area contributed by atoms with Crippen molar-refractivity contribution in [1.82, 2.24) is 15.1 Å². The highest BCUT2D eigenvalue weighted by atomic mass is 16.4. The number of aliphatic carboxylic acids is 1. The lowest BCUT2D eigenvalue weighted by Crippen LogP contribution is -2.65. The molecule has 1 aliphatic carbocycles. The Morgan fingerprint density at radius 2 is 1.81 bits per heavy atom. The van der Waals surface area contributed by atoms with Gasteiger partial charge < -0.3 is 20.6 Å². The van der Waals surface area contributed by atoms with E-state index in [0.717, 1.165) is 32.1 Å². The first-order chi connectivity index (χ1) is 12.6. The van der Waals surface area contributed by atoms with E-state index in [-0.39, 0.29) is 6.04 Å². The molecule has 0 aromatic rings. The Labute approximate surface area is 158 Å². The predicted molar refractivity (Wildman–Crippen MR) is 96.2 cm³/mol. The number of nitrogens with zero attached hydrogens (tertiary/aromatic N) is 2. The van der Waals surface area contributed by atoms with Crippen molar-refractivity contribution in [3.8, 4) is 0 Å². The molecule has 1 atom stereocenters. The van der Waals surface area contributed by atoms with Gasteiger partial charge in [-0.1, -0.05) is 26.2 Å². The lowest BCUT2D eigenvalue weighted by atomic mass is 9.92. The zero-order chi connectivity index (χ0) is 20.4. The maximum atomic E-state index is 13.0. The van der Waals surface area contributed by atoms with Gasteiger partial charge in [0.2, 0.25) is 12.2 Å². The molecule has 1 aliphatic heterocycles. The van der Waals surface area contributed by atoms with Crippen LogP contribution in [-0.2, 0) is 14.4 Å². The number of hydrogen-bond acceptors (Lipinski definition) is 6. The van der Waals surface area contributed by atoms with E-state index in [1.807, 2.05) is 6.92 Å². The quantitative estimate of drug-likeness (QED) is 0.501. The van der Waals surface area contributed by atoms with E-state index in [4.69, 9.17) is 5.11 Å². The Morgan fingerprint density at radius 3 is 2.33 bits per heavy atom. The third kappa shape index (κ3) is 4.18. The molecule has 27 heavy (non-hydrogen) atoms. The van der Waals surface area contributed by atoms with Crippen molar-refractivity contribution >= 4 is 17.8 Å². The highest BCUT2D eigenvalue weighted by Gasteiger charge is 2.48. The van der Waals surface area contributed by atoms with Gasteiger partial charge in [-0.15, -0.1) is 0 Å². The van der Waals surface area contributed by atoms with Gasteiger partial charge in [0.1, 0.15) is 6.54 Å². The van der Waals surface area contributed by atoms with Crippen molar-refractivity contribution in [3.63, 3.8) is 0 Å². The van der Waals surface area contributed by atoms with E-state index in [1.165, 1.54) is 9.80 Å². The molecule has 2 amide bonds. The molecule has 0 saturated heterocycles. The van der Waals surface area contributed by atoms with E-state index in [9.17, 15) is 24.6 Å². The molecule has 0 aromatic carbocycles. The van der Waals surface area contributed by atoms with Crippen LogP contribution in [0.2, 0.25) is 0 Å². The standard InChI is InChI=1S/C18H29N3O6/c1-4-18(2,3)21-16(26)13(14(24)19-10-12(22)23)15(25)20(17(21)27)11-8-6-5-7-9-11/h11,17,25,27H,4-10H2,1-3H3,(H,19,24)(H,22,23). The molecule has 9 heteroatoms. The fourth-order valence-corrected chi connectivity index (χ4v) is 3.61. The molecule has 1 fully saturated rings. The van der Waals surface area contributed by atoms with Gasteiger partial charge in [-0.3, -0.25) is 24.2 Å². The number of carboxylic acid groups (broad SMARTS) is 1. The Morgan fingerprint density at radius 1 is 1.22 bits per heavy atom. The molecule has 2 aliphatic rings. The molecule has 0 bridgehead atoms. The molecule has 0 aromatic heterocycles. The molecule has 9 nitrogen and oxygen atoms in total. The maximum absolute atomic E-state index is 13.0. The molecule has 152 valence electrons. The van der Waals surface area contributed by atoms with Crippen molar-refractivity contribution in [3.05, 3.63) is 11.5 Å². The summed E-state index contributed by atoms with van der Waals surface area (Å²) < 4.78 is 0. The molecular formula is C18H29N3O6. The number of aliphatic hydroxyl groups excluding tert-OH is 2. The maximum Gasteiger partial charge on any atom is 0.322 e. The Balaban J connectivity index is 2.48. The van der Waals surface area contributed by atoms with Crippen LogP contribution in [-0.4, -0.2) is 67.4 Å². The Kier molecular flexibility index (Phi) is 6.35. The summed E-state index contributed by atoms with van der Waals surface area (Å²) in [6, 6.07) is -0.209. The van der Waals surface area contributed by atoms with Gasteiger partial charge in [0.25, 0.3) is 11.8 Å². The first-order valence-corrected chi connectivity index (χ1v) is 9.35. The summed E-state index contributed by atoms with van der Waals surface area (Å²) in [6.45, 7) is 4.71. The zero-order valence-electron chi connectivity index (χ0n) is 16.1. The lowest BCUT2D eigenvalue weighted by molar-refractivity contribution is -0.189. The van der Waals surface area contributed by atoms with Crippen LogP contribution in [0.15, 0.2) is 11.5 Å². The third-order valence-corrected chi connectivity index (χ3v) is 5.49. The monoisotopic (exact) mass is 383 g/mol. The number of carboxylic acids is 1. The summed E-state index contributed by atoms with van der Waals surface area (Å²) in [5.41, 5.74) is -1.31. The Bertz CT molecular complexity index is 639. The van der Waals surface area contributed by atoms with Crippen molar-refractivity contribution in [1.29, 1.82) is 0 Å². The summed E-state index contributed by atoms with van der Waals surface area (Å²) in [5, 5.41) is 32.5. The molecule has 1 heterocycles. The lowest BCUT2D eigenvalue weighted by Gasteiger charge is -2.50. The second kappa shape index (κ2) is 8.16. The molecule has 0 radical (unpaired) electrons.